The fraction of sp³-hybridized carbons (Fsp3) is 0.615. The predicted octanol–water partition coefficient (Wildman–Crippen LogP) is 2.70. The van der Waals surface area contributed by atoms with Gasteiger partial charge in [0.15, 0.2) is 0 Å². The highest BCUT2D eigenvalue weighted by Crippen LogP contribution is 2.17. The molecule has 1 unspecified atom stereocenters. The van der Waals surface area contributed by atoms with Crippen LogP contribution in [0.1, 0.15) is 45.0 Å². The van der Waals surface area contributed by atoms with Gasteiger partial charge in [-0.15, -0.1) is 11.3 Å². The Morgan fingerprint density at radius 3 is 2.71 bits per heavy atom. The SMILES string of the molecule is CC(NC(=O)CCNC(C)(C)C)c1cccs1. The number of hydrogen-bond donors (Lipinski definition) is 2. The quantitative estimate of drug-likeness (QED) is 0.848. The first-order valence-corrected chi connectivity index (χ1v) is 6.84. The van der Waals surface area contributed by atoms with Crippen LogP contribution in [0.15, 0.2) is 17.5 Å². The van der Waals surface area contributed by atoms with Gasteiger partial charge in [-0.05, 0) is 39.1 Å². The largest absolute Gasteiger partial charge is 0.349 e. The van der Waals surface area contributed by atoms with Crippen LogP contribution in [-0.2, 0) is 4.79 Å². The topological polar surface area (TPSA) is 41.1 Å². The van der Waals surface area contributed by atoms with Crippen molar-refractivity contribution in [2.24, 2.45) is 0 Å². The first-order chi connectivity index (χ1) is 7.88. The van der Waals surface area contributed by atoms with Crippen molar-refractivity contribution >= 4 is 17.2 Å². The van der Waals surface area contributed by atoms with E-state index >= 15 is 0 Å². The fourth-order valence-electron chi connectivity index (χ4n) is 1.47. The Kier molecular flexibility index (Phi) is 5.15. The summed E-state index contributed by atoms with van der Waals surface area (Å²) in [4.78, 5) is 12.9. The number of thiophene rings is 1. The second kappa shape index (κ2) is 6.17. The van der Waals surface area contributed by atoms with Crippen molar-refractivity contribution in [2.75, 3.05) is 6.54 Å². The average Bonchev–Trinajstić information content (AvgIpc) is 2.67. The molecular weight excluding hydrogens is 232 g/mol. The first kappa shape index (κ1) is 14.2. The van der Waals surface area contributed by atoms with E-state index in [1.807, 2.05) is 24.4 Å². The van der Waals surface area contributed by atoms with E-state index in [4.69, 9.17) is 0 Å². The van der Waals surface area contributed by atoms with Crippen molar-refractivity contribution in [3.63, 3.8) is 0 Å². The third-order valence-corrected chi connectivity index (χ3v) is 3.41. The molecule has 0 saturated heterocycles. The normalized spacial score (nSPS) is 13.4. The molecule has 1 amide bonds. The number of hydrogen-bond acceptors (Lipinski definition) is 3. The molecule has 0 aliphatic carbocycles. The molecule has 2 N–H and O–H groups in total. The summed E-state index contributed by atoms with van der Waals surface area (Å²) >= 11 is 1.67. The molecule has 4 heteroatoms. The monoisotopic (exact) mass is 254 g/mol. The van der Waals surface area contributed by atoms with Gasteiger partial charge < -0.3 is 10.6 Å². The number of nitrogens with one attached hydrogen (secondary N) is 2. The van der Waals surface area contributed by atoms with Crippen LogP contribution in [0.25, 0.3) is 0 Å². The number of carbonyl (C=O) groups is 1. The highest BCUT2D eigenvalue weighted by molar-refractivity contribution is 7.10. The van der Waals surface area contributed by atoms with E-state index in [2.05, 4.69) is 31.4 Å². The summed E-state index contributed by atoms with van der Waals surface area (Å²) in [6.07, 6.45) is 0.521. The van der Waals surface area contributed by atoms with Gasteiger partial charge in [-0.3, -0.25) is 4.79 Å². The maximum Gasteiger partial charge on any atom is 0.221 e. The summed E-state index contributed by atoms with van der Waals surface area (Å²) in [6.45, 7) is 9.02. The van der Waals surface area contributed by atoms with Gasteiger partial charge in [0.25, 0.3) is 0 Å². The van der Waals surface area contributed by atoms with Crippen LogP contribution in [0.2, 0.25) is 0 Å². The average molecular weight is 254 g/mol. The lowest BCUT2D eigenvalue weighted by atomic mass is 10.1. The third kappa shape index (κ3) is 5.84. The molecule has 0 spiro atoms. The summed E-state index contributed by atoms with van der Waals surface area (Å²) in [6, 6.07) is 4.16. The molecule has 1 atom stereocenters. The van der Waals surface area contributed by atoms with E-state index in [0.717, 1.165) is 0 Å². The van der Waals surface area contributed by atoms with Crippen LogP contribution in [0.3, 0.4) is 0 Å². The van der Waals surface area contributed by atoms with Gasteiger partial charge in [0.05, 0.1) is 6.04 Å². The van der Waals surface area contributed by atoms with E-state index in [-0.39, 0.29) is 17.5 Å². The lowest BCUT2D eigenvalue weighted by molar-refractivity contribution is -0.121. The van der Waals surface area contributed by atoms with E-state index in [9.17, 15) is 4.79 Å². The number of carbonyl (C=O) groups excluding carboxylic acids is 1. The molecule has 0 fully saturated rings. The van der Waals surface area contributed by atoms with Crippen LogP contribution >= 0.6 is 11.3 Å². The minimum absolute atomic E-state index is 0.0691. The Morgan fingerprint density at radius 1 is 1.47 bits per heavy atom. The van der Waals surface area contributed by atoms with Gasteiger partial charge in [-0.2, -0.15) is 0 Å². The molecule has 0 aliphatic rings. The molecule has 17 heavy (non-hydrogen) atoms. The van der Waals surface area contributed by atoms with Crippen LogP contribution in [0.5, 0.6) is 0 Å². The minimum Gasteiger partial charge on any atom is -0.349 e. The van der Waals surface area contributed by atoms with Gasteiger partial charge in [-0.1, -0.05) is 6.07 Å². The number of amides is 1. The summed E-state index contributed by atoms with van der Waals surface area (Å²) in [5, 5.41) is 8.33. The van der Waals surface area contributed by atoms with Gasteiger partial charge in [0, 0.05) is 23.4 Å². The van der Waals surface area contributed by atoms with Crippen molar-refractivity contribution in [3.8, 4) is 0 Å². The number of rotatable bonds is 5. The van der Waals surface area contributed by atoms with Crippen LogP contribution in [0.4, 0.5) is 0 Å². The van der Waals surface area contributed by atoms with Crippen molar-refractivity contribution in [1.82, 2.24) is 10.6 Å². The van der Waals surface area contributed by atoms with Crippen LogP contribution in [0, 0.1) is 0 Å². The zero-order chi connectivity index (χ0) is 12.9. The first-order valence-electron chi connectivity index (χ1n) is 5.96. The maximum atomic E-state index is 11.7. The van der Waals surface area contributed by atoms with E-state index < -0.39 is 0 Å². The minimum atomic E-state index is 0.0691. The summed E-state index contributed by atoms with van der Waals surface area (Å²) in [5.41, 5.74) is 0.0691. The zero-order valence-corrected chi connectivity index (χ0v) is 11.9. The highest BCUT2D eigenvalue weighted by Gasteiger charge is 2.12. The molecule has 0 radical (unpaired) electrons. The van der Waals surface area contributed by atoms with Crippen molar-refractivity contribution in [2.45, 2.75) is 45.7 Å². The third-order valence-electron chi connectivity index (χ3n) is 2.35. The zero-order valence-electron chi connectivity index (χ0n) is 11.0. The lowest BCUT2D eigenvalue weighted by Crippen LogP contribution is -2.38. The van der Waals surface area contributed by atoms with Gasteiger partial charge in [0.1, 0.15) is 0 Å². The molecule has 0 aliphatic heterocycles. The van der Waals surface area contributed by atoms with Crippen molar-refractivity contribution < 1.29 is 4.79 Å². The molecule has 1 aromatic heterocycles. The molecule has 1 aromatic rings. The molecule has 96 valence electrons. The lowest BCUT2D eigenvalue weighted by Gasteiger charge is -2.20. The smallest absolute Gasteiger partial charge is 0.221 e. The maximum absolute atomic E-state index is 11.7. The Morgan fingerprint density at radius 2 is 2.18 bits per heavy atom. The molecule has 0 bridgehead atoms. The van der Waals surface area contributed by atoms with E-state index in [1.165, 1.54) is 4.88 Å². The van der Waals surface area contributed by atoms with Crippen molar-refractivity contribution in [1.29, 1.82) is 0 Å². The van der Waals surface area contributed by atoms with Gasteiger partial charge in [0.2, 0.25) is 5.91 Å². The highest BCUT2D eigenvalue weighted by atomic mass is 32.1. The standard InChI is InChI=1S/C13H22N2OS/c1-10(11-6-5-9-17-11)15-12(16)7-8-14-13(2,3)4/h5-6,9-10,14H,7-8H2,1-4H3,(H,15,16). The van der Waals surface area contributed by atoms with Gasteiger partial charge in [-0.25, -0.2) is 0 Å². The second-order valence-electron chi connectivity index (χ2n) is 5.23. The summed E-state index contributed by atoms with van der Waals surface area (Å²) in [7, 11) is 0. The van der Waals surface area contributed by atoms with Crippen LogP contribution in [-0.4, -0.2) is 18.0 Å². The molecule has 3 nitrogen and oxygen atoms in total. The predicted molar refractivity (Wildman–Crippen MR) is 73.2 cm³/mol. The molecule has 1 heterocycles. The molecule has 0 aromatic carbocycles. The molecular formula is C13H22N2OS. The van der Waals surface area contributed by atoms with E-state index in [1.54, 1.807) is 11.3 Å². The summed E-state index contributed by atoms with van der Waals surface area (Å²) in [5.74, 6) is 0.0997. The second-order valence-corrected chi connectivity index (χ2v) is 6.21. The molecule has 1 rings (SSSR count). The summed E-state index contributed by atoms with van der Waals surface area (Å²) < 4.78 is 0. The Labute approximate surface area is 108 Å². The Bertz CT molecular complexity index is 341. The Balaban J connectivity index is 2.26. The van der Waals surface area contributed by atoms with E-state index in [0.29, 0.717) is 13.0 Å². The van der Waals surface area contributed by atoms with Crippen LogP contribution < -0.4 is 10.6 Å². The fourth-order valence-corrected chi connectivity index (χ4v) is 2.21. The van der Waals surface area contributed by atoms with Crippen molar-refractivity contribution in [3.05, 3.63) is 22.4 Å². The Hall–Kier alpha value is -0.870. The molecule has 0 saturated carbocycles. The van der Waals surface area contributed by atoms with Gasteiger partial charge >= 0.3 is 0 Å².